The standard InChI is InChI=1S/C15H28O3/c1-10(2)15(16)7-6-11(3)14(4,5)12(15)13-17-8-9-18-13/h10-13,16H,6-9H2,1-5H3. The SMILES string of the molecule is CC1CCC(O)(C(C)C)C(C2OCCO2)C1(C)C. The predicted molar refractivity (Wildman–Crippen MR) is 71.1 cm³/mol. The molecule has 2 rings (SSSR count). The molecule has 1 N–H and O–H groups in total. The van der Waals surface area contributed by atoms with Gasteiger partial charge in [0.05, 0.1) is 18.8 Å². The molecule has 0 amide bonds. The molecular weight excluding hydrogens is 228 g/mol. The number of hydrogen-bond acceptors (Lipinski definition) is 3. The molecule has 106 valence electrons. The van der Waals surface area contributed by atoms with Crippen LogP contribution in [0, 0.1) is 23.2 Å². The summed E-state index contributed by atoms with van der Waals surface area (Å²) in [5, 5.41) is 11.2. The van der Waals surface area contributed by atoms with Gasteiger partial charge in [-0.1, -0.05) is 34.6 Å². The van der Waals surface area contributed by atoms with Crippen LogP contribution >= 0.6 is 0 Å². The lowest BCUT2D eigenvalue weighted by Crippen LogP contribution is -2.59. The zero-order chi connectivity index (χ0) is 13.6. The van der Waals surface area contributed by atoms with E-state index >= 15 is 0 Å². The largest absolute Gasteiger partial charge is 0.389 e. The molecule has 1 aliphatic heterocycles. The lowest BCUT2D eigenvalue weighted by molar-refractivity contribution is -0.234. The summed E-state index contributed by atoms with van der Waals surface area (Å²) in [6.45, 7) is 12.3. The topological polar surface area (TPSA) is 38.7 Å². The minimum atomic E-state index is -0.676. The van der Waals surface area contributed by atoms with E-state index in [9.17, 15) is 5.11 Å². The van der Waals surface area contributed by atoms with Crippen LogP contribution in [0.1, 0.15) is 47.5 Å². The number of ether oxygens (including phenoxy) is 2. The summed E-state index contributed by atoms with van der Waals surface area (Å²) in [5.41, 5.74) is -0.642. The Bertz CT molecular complexity index is 294. The minimum absolute atomic E-state index is 0.0340. The van der Waals surface area contributed by atoms with Crippen molar-refractivity contribution < 1.29 is 14.6 Å². The third kappa shape index (κ3) is 2.10. The van der Waals surface area contributed by atoms with Crippen molar-refractivity contribution in [1.82, 2.24) is 0 Å². The van der Waals surface area contributed by atoms with E-state index in [1.54, 1.807) is 0 Å². The lowest BCUT2D eigenvalue weighted by atomic mass is 9.54. The fourth-order valence-corrected chi connectivity index (χ4v) is 3.73. The van der Waals surface area contributed by atoms with Gasteiger partial charge in [0.15, 0.2) is 6.29 Å². The predicted octanol–water partition coefficient (Wildman–Crippen LogP) is 2.82. The molecule has 2 fully saturated rings. The fourth-order valence-electron chi connectivity index (χ4n) is 3.73. The number of aliphatic hydroxyl groups is 1. The van der Waals surface area contributed by atoms with Crippen LogP contribution < -0.4 is 0 Å². The van der Waals surface area contributed by atoms with Gasteiger partial charge in [-0.15, -0.1) is 0 Å². The van der Waals surface area contributed by atoms with Crippen molar-refractivity contribution in [2.45, 2.75) is 59.4 Å². The third-order valence-corrected chi connectivity index (χ3v) is 5.51. The molecule has 3 nitrogen and oxygen atoms in total. The summed E-state index contributed by atoms with van der Waals surface area (Å²) in [4.78, 5) is 0. The monoisotopic (exact) mass is 256 g/mol. The number of rotatable bonds is 2. The van der Waals surface area contributed by atoms with Crippen LogP contribution in [-0.4, -0.2) is 30.2 Å². The molecule has 0 radical (unpaired) electrons. The Labute approximate surface area is 111 Å². The molecule has 1 saturated carbocycles. The van der Waals surface area contributed by atoms with Gasteiger partial charge in [-0.25, -0.2) is 0 Å². The first-order chi connectivity index (χ1) is 8.30. The maximum atomic E-state index is 11.2. The fraction of sp³-hybridized carbons (Fsp3) is 1.00. The highest BCUT2D eigenvalue weighted by molar-refractivity contribution is 5.04. The van der Waals surface area contributed by atoms with E-state index < -0.39 is 5.60 Å². The van der Waals surface area contributed by atoms with Crippen molar-refractivity contribution in [3.8, 4) is 0 Å². The molecule has 18 heavy (non-hydrogen) atoms. The Morgan fingerprint density at radius 3 is 2.22 bits per heavy atom. The number of hydrogen-bond donors (Lipinski definition) is 1. The maximum absolute atomic E-state index is 11.2. The van der Waals surface area contributed by atoms with Crippen molar-refractivity contribution >= 4 is 0 Å². The van der Waals surface area contributed by atoms with E-state index in [4.69, 9.17) is 9.47 Å². The van der Waals surface area contributed by atoms with E-state index in [2.05, 4.69) is 34.6 Å². The minimum Gasteiger partial charge on any atom is -0.389 e. The summed E-state index contributed by atoms with van der Waals surface area (Å²) in [6, 6.07) is 0. The Balaban J connectivity index is 2.35. The van der Waals surface area contributed by atoms with E-state index in [1.165, 1.54) is 0 Å². The van der Waals surface area contributed by atoms with Gasteiger partial charge in [0, 0.05) is 5.92 Å². The van der Waals surface area contributed by atoms with Gasteiger partial charge in [0.2, 0.25) is 0 Å². The van der Waals surface area contributed by atoms with Crippen molar-refractivity contribution in [3.05, 3.63) is 0 Å². The van der Waals surface area contributed by atoms with Crippen LogP contribution in [0.2, 0.25) is 0 Å². The molecule has 0 aromatic heterocycles. The molecule has 2 aliphatic rings. The molecule has 0 aromatic carbocycles. The Morgan fingerprint density at radius 2 is 1.72 bits per heavy atom. The molecule has 0 bridgehead atoms. The van der Waals surface area contributed by atoms with Crippen LogP contribution in [-0.2, 0) is 9.47 Å². The molecule has 3 atom stereocenters. The highest BCUT2D eigenvalue weighted by Gasteiger charge is 2.57. The van der Waals surface area contributed by atoms with Crippen LogP contribution in [0.25, 0.3) is 0 Å². The maximum Gasteiger partial charge on any atom is 0.163 e. The van der Waals surface area contributed by atoms with Crippen LogP contribution in [0.5, 0.6) is 0 Å². The molecule has 1 saturated heterocycles. The molecule has 1 heterocycles. The summed E-state index contributed by atoms with van der Waals surface area (Å²) in [6.07, 6.45) is 1.68. The summed E-state index contributed by atoms with van der Waals surface area (Å²) >= 11 is 0. The van der Waals surface area contributed by atoms with E-state index in [1.807, 2.05) is 0 Å². The summed E-state index contributed by atoms with van der Waals surface area (Å²) in [5.74, 6) is 0.854. The second-order valence-electron chi connectivity index (χ2n) is 6.99. The van der Waals surface area contributed by atoms with Gasteiger partial charge in [-0.05, 0) is 30.1 Å². The zero-order valence-corrected chi connectivity index (χ0v) is 12.4. The van der Waals surface area contributed by atoms with Gasteiger partial charge >= 0.3 is 0 Å². The molecule has 1 aliphatic carbocycles. The van der Waals surface area contributed by atoms with E-state index in [-0.39, 0.29) is 23.5 Å². The van der Waals surface area contributed by atoms with E-state index in [0.717, 1.165) is 12.8 Å². The third-order valence-electron chi connectivity index (χ3n) is 5.51. The smallest absolute Gasteiger partial charge is 0.163 e. The van der Waals surface area contributed by atoms with Crippen LogP contribution in [0.4, 0.5) is 0 Å². The second-order valence-corrected chi connectivity index (χ2v) is 6.99. The first kappa shape index (κ1) is 14.3. The van der Waals surface area contributed by atoms with Gasteiger partial charge < -0.3 is 14.6 Å². The molecule has 3 unspecified atom stereocenters. The van der Waals surface area contributed by atoms with Crippen molar-refractivity contribution in [2.75, 3.05) is 13.2 Å². The second kappa shape index (κ2) is 4.77. The van der Waals surface area contributed by atoms with Gasteiger partial charge in [0.1, 0.15) is 0 Å². The van der Waals surface area contributed by atoms with Crippen LogP contribution in [0.15, 0.2) is 0 Å². The highest BCUT2D eigenvalue weighted by Crippen LogP contribution is 2.54. The molecule has 0 spiro atoms. The average Bonchev–Trinajstić information content (AvgIpc) is 2.77. The highest BCUT2D eigenvalue weighted by atomic mass is 16.7. The quantitative estimate of drug-likeness (QED) is 0.825. The van der Waals surface area contributed by atoms with Gasteiger partial charge in [-0.3, -0.25) is 0 Å². The average molecular weight is 256 g/mol. The van der Waals surface area contributed by atoms with E-state index in [0.29, 0.717) is 19.1 Å². The zero-order valence-electron chi connectivity index (χ0n) is 12.4. The normalized spacial score (nSPS) is 41.5. The van der Waals surface area contributed by atoms with Crippen LogP contribution in [0.3, 0.4) is 0 Å². The summed E-state index contributed by atoms with van der Waals surface area (Å²) in [7, 11) is 0. The first-order valence-corrected chi connectivity index (χ1v) is 7.25. The Morgan fingerprint density at radius 1 is 1.17 bits per heavy atom. The first-order valence-electron chi connectivity index (χ1n) is 7.25. The Hall–Kier alpha value is -0.120. The summed E-state index contributed by atoms with van der Waals surface area (Å²) < 4.78 is 11.5. The van der Waals surface area contributed by atoms with Crippen molar-refractivity contribution in [1.29, 1.82) is 0 Å². The van der Waals surface area contributed by atoms with Gasteiger partial charge in [-0.2, -0.15) is 0 Å². The van der Waals surface area contributed by atoms with Gasteiger partial charge in [0.25, 0.3) is 0 Å². The molecule has 3 heteroatoms. The molecular formula is C15H28O3. The lowest BCUT2D eigenvalue weighted by Gasteiger charge is -2.55. The Kier molecular flexibility index (Phi) is 3.79. The van der Waals surface area contributed by atoms with Crippen molar-refractivity contribution in [2.24, 2.45) is 23.2 Å². The van der Waals surface area contributed by atoms with Crippen molar-refractivity contribution in [3.63, 3.8) is 0 Å². The molecule has 0 aromatic rings.